The van der Waals surface area contributed by atoms with Crippen LogP contribution in [-0.4, -0.2) is 4.33 Å². The van der Waals surface area contributed by atoms with Gasteiger partial charge in [0.15, 0.2) is 0 Å². The van der Waals surface area contributed by atoms with Crippen LogP contribution in [0.4, 0.5) is 0 Å². The molecule has 0 spiro atoms. The first-order chi connectivity index (χ1) is 3.91. The van der Waals surface area contributed by atoms with Crippen molar-refractivity contribution in [1.29, 1.82) is 0 Å². The van der Waals surface area contributed by atoms with Crippen molar-refractivity contribution in [2.24, 2.45) is 10.8 Å². The molecule has 0 aromatic heterocycles. The smallest absolute Gasteiger partial charge is 0.100 e. The van der Waals surface area contributed by atoms with Crippen LogP contribution in [0, 0.1) is 10.8 Å². The van der Waals surface area contributed by atoms with E-state index in [1.807, 2.05) is 0 Å². The molecule has 0 nitrogen and oxygen atoms in total. The molecule has 0 radical (unpaired) electrons. The van der Waals surface area contributed by atoms with Gasteiger partial charge in [0, 0.05) is 10.8 Å². The maximum Gasteiger partial charge on any atom is 0.129 e. The fourth-order valence-electron chi connectivity index (χ4n) is 2.63. The van der Waals surface area contributed by atoms with Crippen LogP contribution in [0.5, 0.6) is 0 Å². The second-order valence-corrected chi connectivity index (χ2v) is 5.38. The topological polar surface area (TPSA) is 0 Å². The molecule has 2 bridgehead atoms. The van der Waals surface area contributed by atoms with Crippen LogP contribution in [0.2, 0.25) is 0 Å². The highest BCUT2D eigenvalue weighted by atomic mass is 35.5. The van der Waals surface area contributed by atoms with Crippen LogP contribution in [0.3, 0.4) is 0 Å². The summed E-state index contributed by atoms with van der Waals surface area (Å²) in [4.78, 5) is 0. The Bertz CT molecular complexity index is 150. The molecule has 2 heteroatoms. The highest BCUT2D eigenvalue weighted by Gasteiger charge is 2.79. The van der Waals surface area contributed by atoms with Gasteiger partial charge < -0.3 is 0 Å². The molecule has 0 unspecified atom stereocenters. The lowest BCUT2D eigenvalue weighted by Crippen LogP contribution is -2.75. The number of halogens is 2. The molecule has 3 aliphatic carbocycles. The van der Waals surface area contributed by atoms with Crippen molar-refractivity contribution in [3.05, 3.63) is 0 Å². The van der Waals surface area contributed by atoms with Gasteiger partial charge in [-0.2, -0.15) is 0 Å². The first kappa shape index (κ1) is 6.30. The number of hydrogen-bond donors (Lipinski definition) is 0. The Morgan fingerprint density at radius 3 is 1.33 bits per heavy atom. The highest BCUT2D eigenvalue weighted by Crippen LogP contribution is 2.83. The summed E-state index contributed by atoms with van der Waals surface area (Å²) in [7, 11) is 0. The van der Waals surface area contributed by atoms with Crippen molar-refractivity contribution < 1.29 is 0 Å². The molecule has 0 heterocycles. The maximum atomic E-state index is 6.05. The maximum absolute atomic E-state index is 6.05. The minimum atomic E-state index is -0.403. The fourth-order valence-corrected chi connectivity index (χ4v) is 3.16. The number of alkyl halides is 2. The quantitative estimate of drug-likeness (QED) is 0.484. The number of hydrogen-bond acceptors (Lipinski definition) is 0. The third kappa shape index (κ3) is 0.397. The normalized spacial score (nSPS) is 60.0. The summed E-state index contributed by atoms with van der Waals surface area (Å²) in [5, 5.41) is 0. The van der Waals surface area contributed by atoms with Crippen LogP contribution in [0.25, 0.3) is 0 Å². The number of rotatable bonds is 0. The molecule has 0 N–H and O–H groups in total. The zero-order chi connectivity index (χ0) is 6.91. The van der Waals surface area contributed by atoms with E-state index in [-0.39, 0.29) is 10.8 Å². The molecule has 0 saturated heterocycles. The minimum Gasteiger partial charge on any atom is -0.100 e. The largest absolute Gasteiger partial charge is 0.129 e. The van der Waals surface area contributed by atoms with Gasteiger partial charge in [-0.25, -0.2) is 0 Å². The molecule has 0 aromatic rings. The Hall–Kier alpha value is 0.580. The second kappa shape index (κ2) is 1.16. The van der Waals surface area contributed by atoms with Crippen molar-refractivity contribution in [1.82, 2.24) is 0 Å². The molecular formula is C7H10Cl2. The molecule has 3 fully saturated rings. The molecule has 9 heavy (non-hydrogen) atoms. The van der Waals surface area contributed by atoms with E-state index in [0.717, 1.165) is 0 Å². The van der Waals surface area contributed by atoms with E-state index >= 15 is 0 Å². The van der Waals surface area contributed by atoms with E-state index in [1.165, 1.54) is 12.8 Å². The summed E-state index contributed by atoms with van der Waals surface area (Å²) < 4.78 is -0.403. The van der Waals surface area contributed by atoms with Crippen molar-refractivity contribution in [2.45, 2.75) is 31.0 Å². The molecular weight excluding hydrogens is 155 g/mol. The summed E-state index contributed by atoms with van der Waals surface area (Å²) in [6.07, 6.45) is 2.43. The Morgan fingerprint density at radius 1 is 1.00 bits per heavy atom. The summed E-state index contributed by atoms with van der Waals surface area (Å²) in [6.45, 7) is 4.33. The predicted molar refractivity (Wildman–Crippen MR) is 39.9 cm³/mol. The van der Waals surface area contributed by atoms with Crippen molar-refractivity contribution in [2.75, 3.05) is 0 Å². The lowest BCUT2D eigenvalue weighted by molar-refractivity contribution is -0.191. The summed E-state index contributed by atoms with van der Waals surface area (Å²) >= 11 is 12.1. The SMILES string of the molecule is CC12CC(C)(C1)C2(Cl)Cl. The zero-order valence-electron chi connectivity index (χ0n) is 5.67. The monoisotopic (exact) mass is 164 g/mol. The average Bonchev–Trinajstić information content (AvgIpc) is 1.64. The van der Waals surface area contributed by atoms with Crippen LogP contribution in [0.1, 0.15) is 26.7 Å². The van der Waals surface area contributed by atoms with Crippen LogP contribution < -0.4 is 0 Å². The Morgan fingerprint density at radius 2 is 1.33 bits per heavy atom. The molecule has 3 saturated carbocycles. The van der Waals surface area contributed by atoms with Gasteiger partial charge in [-0.05, 0) is 12.8 Å². The van der Waals surface area contributed by atoms with E-state index in [2.05, 4.69) is 13.8 Å². The standard InChI is InChI=1S/C7H10Cl2/c1-5-3-6(2,4-5)7(5,8)9/h3-4H2,1-2H3. The minimum absolute atomic E-state index is 0.255. The van der Waals surface area contributed by atoms with Gasteiger partial charge in [0.2, 0.25) is 0 Å². The van der Waals surface area contributed by atoms with E-state index in [0.29, 0.717) is 0 Å². The van der Waals surface area contributed by atoms with Crippen LogP contribution in [-0.2, 0) is 0 Å². The van der Waals surface area contributed by atoms with Gasteiger partial charge in [0.25, 0.3) is 0 Å². The Kier molecular flexibility index (Phi) is 0.815. The van der Waals surface area contributed by atoms with Gasteiger partial charge in [-0.3, -0.25) is 0 Å². The van der Waals surface area contributed by atoms with Gasteiger partial charge in [0.05, 0.1) is 0 Å². The predicted octanol–water partition coefficient (Wildman–Crippen LogP) is 2.98. The zero-order valence-corrected chi connectivity index (χ0v) is 7.18. The van der Waals surface area contributed by atoms with Gasteiger partial charge in [-0.15, -0.1) is 23.2 Å². The molecule has 0 atom stereocenters. The molecule has 52 valence electrons. The fraction of sp³-hybridized carbons (Fsp3) is 1.00. The highest BCUT2D eigenvalue weighted by molar-refractivity contribution is 6.51. The first-order valence-electron chi connectivity index (χ1n) is 3.29. The summed E-state index contributed by atoms with van der Waals surface area (Å²) in [5.74, 6) is 0. The van der Waals surface area contributed by atoms with Gasteiger partial charge >= 0.3 is 0 Å². The van der Waals surface area contributed by atoms with Crippen molar-refractivity contribution in [3.63, 3.8) is 0 Å². The third-order valence-corrected chi connectivity index (χ3v) is 4.90. The Balaban J connectivity index is 2.31. The van der Waals surface area contributed by atoms with E-state index in [4.69, 9.17) is 23.2 Å². The van der Waals surface area contributed by atoms with Crippen molar-refractivity contribution >= 4 is 23.2 Å². The van der Waals surface area contributed by atoms with Crippen LogP contribution >= 0.6 is 23.2 Å². The summed E-state index contributed by atoms with van der Waals surface area (Å²) in [5.41, 5.74) is 0.510. The average molecular weight is 165 g/mol. The Labute approximate surface area is 65.5 Å². The lowest BCUT2D eigenvalue weighted by Gasteiger charge is -2.76. The van der Waals surface area contributed by atoms with Crippen LogP contribution in [0.15, 0.2) is 0 Å². The summed E-state index contributed by atoms with van der Waals surface area (Å²) in [6, 6.07) is 0. The lowest BCUT2D eigenvalue weighted by atomic mass is 9.36. The van der Waals surface area contributed by atoms with E-state index < -0.39 is 4.33 Å². The van der Waals surface area contributed by atoms with E-state index in [9.17, 15) is 0 Å². The molecule has 3 aliphatic rings. The molecule has 0 amide bonds. The van der Waals surface area contributed by atoms with E-state index in [1.54, 1.807) is 0 Å². The van der Waals surface area contributed by atoms with Gasteiger partial charge in [-0.1, -0.05) is 13.8 Å². The third-order valence-electron chi connectivity index (χ3n) is 3.08. The first-order valence-corrected chi connectivity index (χ1v) is 4.05. The molecule has 0 aromatic carbocycles. The second-order valence-electron chi connectivity index (χ2n) is 4.05. The molecule has 3 rings (SSSR count). The molecule has 0 aliphatic heterocycles. The van der Waals surface area contributed by atoms with Gasteiger partial charge in [0.1, 0.15) is 4.33 Å². The van der Waals surface area contributed by atoms with Crippen molar-refractivity contribution in [3.8, 4) is 0 Å².